The van der Waals surface area contributed by atoms with E-state index < -0.39 is 0 Å². The minimum atomic E-state index is -0.180. The van der Waals surface area contributed by atoms with Crippen LogP contribution in [0.4, 0.5) is 0 Å². The molecule has 0 bridgehead atoms. The fourth-order valence-corrected chi connectivity index (χ4v) is 4.85. The molecule has 2 fully saturated rings. The third-order valence-corrected chi connectivity index (χ3v) is 6.38. The molecule has 2 nitrogen and oxygen atoms in total. The molecule has 0 aromatic carbocycles. The van der Waals surface area contributed by atoms with Crippen LogP contribution in [0.1, 0.15) is 90.9 Å². The molecule has 0 N–H and O–H groups in total. The molecule has 0 atom stereocenters. The van der Waals surface area contributed by atoms with Crippen molar-refractivity contribution in [2.45, 2.75) is 90.9 Å². The molecule has 2 saturated carbocycles. The molecule has 0 saturated heterocycles. The van der Waals surface area contributed by atoms with Crippen LogP contribution < -0.4 is 0 Å². The van der Waals surface area contributed by atoms with Gasteiger partial charge in [0, 0.05) is 6.08 Å². The summed E-state index contributed by atoms with van der Waals surface area (Å²) in [4.78, 5) is 11.4. The second-order valence-corrected chi connectivity index (χ2v) is 8.06. The first kappa shape index (κ1) is 19.5. The van der Waals surface area contributed by atoms with Crippen molar-refractivity contribution in [3.8, 4) is 0 Å². The largest absolute Gasteiger partial charge is 0.463 e. The fraction of sp³-hybridized carbons (Fsp3) is 0.864. The Morgan fingerprint density at radius 1 is 0.917 bits per heavy atom. The summed E-state index contributed by atoms with van der Waals surface area (Å²) >= 11 is 0. The summed E-state index contributed by atoms with van der Waals surface area (Å²) in [5, 5.41) is 0. The average molecular weight is 335 g/mol. The summed E-state index contributed by atoms with van der Waals surface area (Å²) in [5.74, 6) is 3.38. The van der Waals surface area contributed by atoms with Gasteiger partial charge in [0.25, 0.3) is 0 Å². The molecule has 0 spiro atoms. The zero-order valence-corrected chi connectivity index (χ0v) is 16.0. The highest BCUT2D eigenvalue weighted by atomic mass is 16.5. The van der Waals surface area contributed by atoms with Crippen LogP contribution in [0.5, 0.6) is 0 Å². The zero-order chi connectivity index (χ0) is 17.2. The van der Waals surface area contributed by atoms with Crippen LogP contribution in [-0.4, -0.2) is 12.6 Å². The lowest BCUT2D eigenvalue weighted by molar-refractivity contribution is -0.137. The topological polar surface area (TPSA) is 26.3 Å². The van der Waals surface area contributed by atoms with E-state index in [0.29, 0.717) is 12.5 Å². The first-order valence-corrected chi connectivity index (χ1v) is 10.6. The Balaban J connectivity index is 1.64. The van der Waals surface area contributed by atoms with Gasteiger partial charge in [-0.2, -0.15) is 0 Å². The van der Waals surface area contributed by atoms with Crippen LogP contribution in [0.15, 0.2) is 12.2 Å². The Hall–Kier alpha value is -0.790. The SMILES string of the molecule is CCCCC[C@H]1CC[C@H](C2CCC(C=CC(=O)OCC)CC2)CC1. The van der Waals surface area contributed by atoms with Gasteiger partial charge in [-0.25, -0.2) is 4.79 Å². The van der Waals surface area contributed by atoms with Gasteiger partial charge in [-0.05, 0) is 69.1 Å². The normalized spacial score (nSPS) is 31.2. The Bertz CT molecular complexity index is 371. The maximum Gasteiger partial charge on any atom is 0.330 e. The molecule has 0 amide bonds. The van der Waals surface area contributed by atoms with Crippen LogP contribution in [0, 0.1) is 23.7 Å². The molecule has 0 heterocycles. The number of ether oxygens (including phenoxy) is 1. The Labute approximate surface area is 149 Å². The number of allylic oxidation sites excluding steroid dienone is 1. The quantitative estimate of drug-likeness (QED) is 0.296. The number of hydrogen-bond acceptors (Lipinski definition) is 2. The molecule has 0 aromatic heterocycles. The second-order valence-electron chi connectivity index (χ2n) is 8.06. The van der Waals surface area contributed by atoms with Crippen molar-refractivity contribution in [2.24, 2.45) is 23.7 Å². The number of carbonyl (C=O) groups excluding carboxylic acids is 1. The van der Waals surface area contributed by atoms with Crippen molar-refractivity contribution in [1.82, 2.24) is 0 Å². The standard InChI is InChI=1S/C22H38O2/c1-3-5-6-7-18-8-13-20(14-9-18)21-15-10-19(11-16-21)12-17-22(23)24-4-2/h12,17-21H,3-11,13-16H2,1-2H3/t18-,19?,20-,21?. The van der Waals surface area contributed by atoms with Crippen LogP contribution >= 0.6 is 0 Å². The van der Waals surface area contributed by atoms with E-state index in [2.05, 4.69) is 13.0 Å². The maximum absolute atomic E-state index is 11.4. The highest BCUT2D eigenvalue weighted by Crippen LogP contribution is 2.42. The lowest BCUT2D eigenvalue weighted by atomic mass is 9.68. The average Bonchev–Trinajstić information content (AvgIpc) is 2.62. The van der Waals surface area contributed by atoms with Crippen molar-refractivity contribution < 1.29 is 9.53 Å². The summed E-state index contributed by atoms with van der Waals surface area (Å²) < 4.78 is 4.97. The maximum atomic E-state index is 11.4. The molecule has 0 radical (unpaired) electrons. The predicted molar refractivity (Wildman–Crippen MR) is 101 cm³/mol. The van der Waals surface area contributed by atoms with E-state index in [9.17, 15) is 4.79 Å². The number of rotatable bonds is 8. The molecule has 2 aliphatic carbocycles. The third kappa shape index (κ3) is 6.61. The highest BCUT2D eigenvalue weighted by Gasteiger charge is 2.30. The van der Waals surface area contributed by atoms with E-state index in [1.165, 1.54) is 77.0 Å². The van der Waals surface area contributed by atoms with E-state index in [0.717, 1.165) is 17.8 Å². The number of hydrogen-bond donors (Lipinski definition) is 0. The molecule has 138 valence electrons. The monoisotopic (exact) mass is 334 g/mol. The first-order chi connectivity index (χ1) is 11.7. The molecular weight excluding hydrogens is 296 g/mol. The Kier molecular flexibility index (Phi) is 8.91. The molecular formula is C22H38O2. The van der Waals surface area contributed by atoms with E-state index >= 15 is 0 Å². The summed E-state index contributed by atoms with van der Waals surface area (Å²) in [7, 11) is 0. The zero-order valence-electron chi connectivity index (χ0n) is 16.0. The van der Waals surface area contributed by atoms with Crippen molar-refractivity contribution in [3.05, 3.63) is 12.2 Å². The van der Waals surface area contributed by atoms with Gasteiger partial charge >= 0.3 is 5.97 Å². The minimum absolute atomic E-state index is 0.180. The molecule has 2 heteroatoms. The van der Waals surface area contributed by atoms with Gasteiger partial charge < -0.3 is 4.74 Å². The summed E-state index contributed by atoms with van der Waals surface area (Å²) in [6.45, 7) is 4.63. The van der Waals surface area contributed by atoms with Crippen LogP contribution in [0.3, 0.4) is 0 Å². The van der Waals surface area contributed by atoms with Crippen molar-refractivity contribution in [2.75, 3.05) is 6.61 Å². The van der Waals surface area contributed by atoms with Crippen molar-refractivity contribution >= 4 is 5.97 Å². The minimum Gasteiger partial charge on any atom is -0.463 e. The Morgan fingerprint density at radius 3 is 2.12 bits per heavy atom. The number of esters is 1. The molecule has 0 aliphatic heterocycles. The smallest absolute Gasteiger partial charge is 0.330 e. The summed E-state index contributed by atoms with van der Waals surface area (Å²) in [6.07, 6.45) is 20.6. The fourth-order valence-electron chi connectivity index (χ4n) is 4.85. The van der Waals surface area contributed by atoms with Gasteiger partial charge in [0.1, 0.15) is 0 Å². The highest BCUT2D eigenvalue weighted by molar-refractivity contribution is 5.81. The first-order valence-electron chi connectivity index (χ1n) is 10.6. The van der Waals surface area contributed by atoms with Crippen LogP contribution in [-0.2, 0) is 9.53 Å². The van der Waals surface area contributed by atoms with Crippen molar-refractivity contribution in [1.29, 1.82) is 0 Å². The molecule has 0 unspecified atom stereocenters. The van der Waals surface area contributed by atoms with Gasteiger partial charge in [0.2, 0.25) is 0 Å². The van der Waals surface area contributed by atoms with Gasteiger partial charge in [-0.15, -0.1) is 0 Å². The Morgan fingerprint density at radius 2 is 1.54 bits per heavy atom. The number of unbranched alkanes of at least 4 members (excludes halogenated alkanes) is 2. The number of carbonyl (C=O) groups is 1. The summed E-state index contributed by atoms with van der Waals surface area (Å²) in [6, 6.07) is 0. The van der Waals surface area contributed by atoms with E-state index in [1.807, 2.05) is 6.92 Å². The van der Waals surface area contributed by atoms with Crippen LogP contribution in [0.25, 0.3) is 0 Å². The van der Waals surface area contributed by atoms with Gasteiger partial charge in [-0.3, -0.25) is 0 Å². The predicted octanol–water partition coefficient (Wildman–Crippen LogP) is 6.30. The summed E-state index contributed by atoms with van der Waals surface area (Å²) in [5.41, 5.74) is 0. The van der Waals surface area contributed by atoms with E-state index in [4.69, 9.17) is 4.74 Å². The lowest BCUT2D eigenvalue weighted by Crippen LogP contribution is -2.25. The second kappa shape index (κ2) is 10.9. The molecule has 0 aromatic rings. The molecule has 2 rings (SSSR count). The van der Waals surface area contributed by atoms with E-state index in [-0.39, 0.29) is 5.97 Å². The van der Waals surface area contributed by atoms with Crippen LogP contribution in [0.2, 0.25) is 0 Å². The van der Waals surface area contributed by atoms with Crippen molar-refractivity contribution in [3.63, 3.8) is 0 Å². The lowest BCUT2D eigenvalue weighted by Gasteiger charge is -2.37. The van der Waals surface area contributed by atoms with Gasteiger partial charge in [0.15, 0.2) is 0 Å². The van der Waals surface area contributed by atoms with Gasteiger partial charge in [0.05, 0.1) is 6.61 Å². The molecule has 2 aliphatic rings. The van der Waals surface area contributed by atoms with Gasteiger partial charge in [-0.1, -0.05) is 51.5 Å². The molecule has 24 heavy (non-hydrogen) atoms. The van der Waals surface area contributed by atoms with E-state index in [1.54, 1.807) is 6.08 Å². The third-order valence-electron chi connectivity index (χ3n) is 6.38.